The van der Waals surface area contributed by atoms with Crippen LogP contribution in [0.5, 0.6) is 0 Å². The van der Waals surface area contributed by atoms with Crippen LogP contribution in [-0.2, 0) is 0 Å². The third-order valence-electron chi connectivity index (χ3n) is 2.39. The lowest BCUT2D eigenvalue weighted by atomic mass is 10.1. The van der Waals surface area contributed by atoms with Gasteiger partial charge in [0, 0.05) is 11.8 Å². The maximum Gasteiger partial charge on any atom is 0.209 e. The van der Waals surface area contributed by atoms with Gasteiger partial charge >= 0.3 is 0 Å². The Balaban J connectivity index is 2.13. The molecule has 1 atom stereocenters. The Morgan fingerprint density at radius 3 is 2.71 bits per heavy atom. The number of aromatic nitrogens is 3. The maximum absolute atomic E-state index is 4.33. The second-order valence-corrected chi connectivity index (χ2v) is 4.95. The smallest absolute Gasteiger partial charge is 0.209 e. The minimum absolute atomic E-state index is 0.330. The van der Waals surface area contributed by atoms with Gasteiger partial charge in [0.15, 0.2) is 0 Å². The molecule has 17 heavy (non-hydrogen) atoms. The fourth-order valence-corrected chi connectivity index (χ4v) is 2.67. The molecule has 0 saturated heterocycles. The van der Waals surface area contributed by atoms with Crippen molar-refractivity contribution in [3.63, 3.8) is 0 Å². The van der Waals surface area contributed by atoms with E-state index < -0.39 is 0 Å². The van der Waals surface area contributed by atoms with E-state index >= 15 is 0 Å². The lowest BCUT2D eigenvalue weighted by Crippen LogP contribution is -2.15. The second kappa shape index (κ2) is 5.84. The van der Waals surface area contributed by atoms with E-state index in [0.717, 1.165) is 17.5 Å². The lowest BCUT2D eigenvalue weighted by Gasteiger charge is -2.14. The first-order valence-corrected chi connectivity index (χ1v) is 6.43. The molecule has 4 nitrogen and oxygen atoms in total. The molecule has 1 unspecified atom stereocenters. The average molecular weight is 248 g/mol. The molecular formula is C12H16N4S. The van der Waals surface area contributed by atoms with E-state index in [-0.39, 0.29) is 0 Å². The van der Waals surface area contributed by atoms with E-state index in [0.29, 0.717) is 5.25 Å². The Morgan fingerprint density at radius 2 is 2.12 bits per heavy atom. The zero-order valence-corrected chi connectivity index (χ0v) is 10.8. The van der Waals surface area contributed by atoms with Crippen LogP contribution < -0.4 is 5.32 Å². The molecule has 1 aromatic heterocycles. The van der Waals surface area contributed by atoms with Gasteiger partial charge in [-0.25, -0.2) is 4.98 Å². The minimum atomic E-state index is 0.330. The summed E-state index contributed by atoms with van der Waals surface area (Å²) in [5.74, 6) is 0.851. The van der Waals surface area contributed by atoms with Crippen molar-refractivity contribution in [3.05, 3.63) is 41.7 Å². The van der Waals surface area contributed by atoms with Crippen LogP contribution >= 0.6 is 11.8 Å². The topological polar surface area (TPSA) is 53.6 Å². The van der Waals surface area contributed by atoms with Gasteiger partial charge in [0.2, 0.25) is 5.16 Å². The Bertz CT molecular complexity index is 455. The molecule has 2 aromatic rings. The van der Waals surface area contributed by atoms with Crippen LogP contribution in [0.1, 0.15) is 16.6 Å². The van der Waals surface area contributed by atoms with Crippen LogP contribution in [0.4, 0.5) is 0 Å². The first-order chi connectivity index (χ1) is 8.29. The molecule has 5 heteroatoms. The number of rotatable bonds is 5. The molecule has 0 bridgehead atoms. The number of aryl methyl sites for hydroxylation is 1. The van der Waals surface area contributed by atoms with Crippen molar-refractivity contribution in [2.24, 2.45) is 0 Å². The minimum Gasteiger partial charge on any atom is -0.318 e. The largest absolute Gasteiger partial charge is 0.318 e. The number of likely N-dealkylation sites (N-methyl/N-ethyl adjacent to an activating group) is 1. The van der Waals surface area contributed by atoms with Crippen LogP contribution in [0.3, 0.4) is 0 Å². The van der Waals surface area contributed by atoms with E-state index in [4.69, 9.17) is 0 Å². The van der Waals surface area contributed by atoms with Crippen LogP contribution in [-0.4, -0.2) is 28.8 Å². The van der Waals surface area contributed by atoms with Crippen LogP contribution in [0, 0.1) is 6.92 Å². The molecule has 0 saturated carbocycles. The molecule has 0 spiro atoms. The van der Waals surface area contributed by atoms with Crippen molar-refractivity contribution in [2.45, 2.75) is 17.3 Å². The molecule has 2 N–H and O–H groups in total. The number of aromatic amines is 1. The zero-order chi connectivity index (χ0) is 12.1. The Labute approximate surface area is 105 Å². The second-order valence-electron chi connectivity index (χ2n) is 3.78. The van der Waals surface area contributed by atoms with E-state index in [1.54, 1.807) is 11.8 Å². The van der Waals surface area contributed by atoms with Crippen molar-refractivity contribution >= 4 is 11.8 Å². The maximum atomic E-state index is 4.33. The summed E-state index contributed by atoms with van der Waals surface area (Å²) in [6.45, 7) is 2.80. The fraction of sp³-hybridized carbons (Fsp3) is 0.333. The van der Waals surface area contributed by atoms with E-state index in [2.05, 4.69) is 44.8 Å². The number of benzene rings is 1. The van der Waals surface area contributed by atoms with Gasteiger partial charge in [0.1, 0.15) is 5.82 Å². The number of thioether (sulfide) groups is 1. The molecule has 0 radical (unpaired) electrons. The lowest BCUT2D eigenvalue weighted by molar-refractivity contribution is 0.774. The normalized spacial score (nSPS) is 12.6. The summed E-state index contributed by atoms with van der Waals surface area (Å²) in [6.07, 6.45) is 0. The van der Waals surface area contributed by atoms with E-state index in [9.17, 15) is 0 Å². The standard InChI is InChI=1S/C12H16N4S/c1-9-14-12(16-15-9)17-11(8-13-2)10-6-4-3-5-7-10/h3-7,11,13H,8H2,1-2H3,(H,14,15,16). The summed E-state index contributed by atoms with van der Waals surface area (Å²) in [6, 6.07) is 10.4. The van der Waals surface area contributed by atoms with Gasteiger partial charge in [0.05, 0.1) is 0 Å². The Hall–Kier alpha value is -1.33. The van der Waals surface area contributed by atoms with Crippen molar-refractivity contribution in [1.29, 1.82) is 0 Å². The number of nitrogens with one attached hydrogen (secondary N) is 2. The molecule has 2 rings (SSSR count). The predicted molar refractivity (Wildman–Crippen MR) is 70.1 cm³/mol. The molecule has 0 fully saturated rings. The molecule has 90 valence electrons. The first kappa shape index (κ1) is 12.1. The molecule has 0 amide bonds. The van der Waals surface area contributed by atoms with Gasteiger partial charge in [-0.15, -0.1) is 5.10 Å². The molecule has 0 aliphatic carbocycles. The highest BCUT2D eigenvalue weighted by Gasteiger charge is 2.14. The molecule has 0 aliphatic rings. The Kier molecular flexibility index (Phi) is 4.17. The quantitative estimate of drug-likeness (QED) is 0.796. The predicted octanol–water partition coefficient (Wildman–Crippen LogP) is 2.17. The van der Waals surface area contributed by atoms with Gasteiger partial charge in [-0.3, -0.25) is 5.10 Å². The van der Waals surface area contributed by atoms with Crippen molar-refractivity contribution in [3.8, 4) is 0 Å². The summed E-state index contributed by atoms with van der Waals surface area (Å²) in [5, 5.41) is 11.4. The van der Waals surface area contributed by atoms with Crippen LogP contribution in [0.25, 0.3) is 0 Å². The SMILES string of the molecule is CNCC(Sc1n[nH]c(C)n1)c1ccccc1. The molecule has 1 aromatic carbocycles. The van der Waals surface area contributed by atoms with Crippen LogP contribution in [0.2, 0.25) is 0 Å². The summed E-state index contributed by atoms with van der Waals surface area (Å²) >= 11 is 1.67. The first-order valence-electron chi connectivity index (χ1n) is 5.55. The van der Waals surface area contributed by atoms with Gasteiger partial charge in [0.25, 0.3) is 0 Å². The van der Waals surface area contributed by atoms with Gasteiger partial charge in [-0.1, -0.05) is 42.1 Å². The van der Waals surface area contributed by atoms with Crippen molar-refractivity contribution in [1.82, 2.24) is 20.5 Å². The highest BCUT2D eigenvalue weighted by Crippen LogP contribution is 2.32. The summed E-state index contributed by atoms with van der Waals surface area (Å²) in [4.78, 5) is 4.33. The number of hydrogen-bond donors (Lipinski definition) is 2. The summed E-state index contributed by atoms with van der Waals surface area (Å²) < 4.78 is 0. The highest BCUT2D eigenvalue weighted by molar-refractivity contribution is 7.99. The highest BCUT2D eigenvalue weighted by atomic mass is 32.2. The molecule has 0 aliphatic heterocycles. The van der Waals surface area contributed by atoms with Crippen LogP contribution in [0.15, 0.2) is 35.5 Å². The van der Waals surface area contributed by atoms with E-state index in [1.165, 1.54) is 5.56 Å². The van der Waals surface area contributed by atoms with Crippen molar-refractivity contribution < 1.29 is 0 Å². The summed E-state index contributed by atoms with van der Waals surface area (Å²) in [5.41, 5.74) is 1.29. The van der Waals surface area contributed by atoms with Gasteiger partial charge in [-0.2, -0.15) is 0 Å². The number of nitrogens with zero attached hydrogens (tertiary/aromatic N) is 2. The zero-order valence-electron chi connectivity index (χ0n) is 9.97. The molecule has 1 heterocycles. The van der Waals surface area contributed by atoms with Crippen molar-refractivity contribution in [2.75, 3.05) is 13.6 Å². The Morgan fingerprint density at radius 1 is 1.35 bits per heavy atom. The fourth-order valence-electron chi connectivity index (χ4n) is 1.58. The number of hydrogen-bond acceptors (Lipinski definition) is 4. The third kappa shape index (κ3) is 3.31. The third-order valence-corrected chi connectivity index (χ3v) is 3.50. The molecular weight excluding hydrogens is 232 g/mol. The summed E-state index contributed by atoms with van der Waals surface area (Å²) in [7, 11) is 1.96. The van der Waals surface area contributed by atoms with Gasteiger partial charge < -0.3 is 5.32 Å². The number of H-pyrrole nitrogens is 1. The van der Waals surface area contributed by atoms with E-state index in [1.807, 2.05) is 20.0 Å². The van der Waals surface area contributed by atoms with Gasteiger partial charge in [-0.05, 0) is 19.5 Å². The average Bonchev–Trinajstić information content (AvgIpc) is 2.75. The monoisotopic (exact) mass is 248 g/mol.